The summed E-state index contributed by atoms with van der Waals surface area (Å²) in [5.74, 6) is -6.98. The summed E-state index contributed by atoms with van der Waals surface area (Å²) in [4.78, 5) is 45.9. The topological polar surface area (TPSA) is 166 Å². The number of carboxylic acid groups (broad SMARTS) is 4. The molecule has 0 saturated carbocycles. The van der Waals surface area contributed by atoms with Gasteiger partial charge in [0.15, 0.2) is 12.4 Å². The van der Waals surface area contributed by atoms with Crippen LogP contribution < -0.4 is 10.1 Å². The van der Waals surface area contributed by atoms with Gasteiger partial charge >= 0.3 is 17.9 Å². The maximum absolute atomic E-state index is 10.8. The maximum atomic E-state index is 10.8. The summed E-state index contributed by atoms with van der Waals surface area (Å²) in [6.07, 6.45) is 3.87. The molecule has 3 rings (SSSR count). The van der Waals surface area contributed by atoms with Crippen LogP contribution in [0.3, 0.4) is 0 Å². The number of carbonyl (C=O) groups is 4. The molecule has 0 spiro atoms. The fourth-order valence-electron chi connectivity index (χ4n) is 2.51. The van der Waals surface area contributed by atoms with Crippen molar-refractivity contribution in [1.29, 1.82) is 0 Å². The quantitative estimate of drug-likeness (QED) is 0.567. The molecule has 0 saturated heterocycles. The molecule has 0 fully saturated rings. The maximum Gasteiger partial charge on any atom is 0.336 e. The van der Waals surface area contributed by atoms with Crippen molar-refractivity contribution in [3.8, 4) is 11.1 Å². The monoisotopic (exact) mass is 409 g/mol. The number of rotatable bonds is 5. The number of pyridine rings is 1. The molecule has 0 amide bonds. The molecule has 9 nitrogen and oxygen atoms in total. The molecule has 3 aromatic rings. The van der Waals surface area contributed by atoms with E-state index in [1.54, 1.807) is 0 Å². The normalized spacial score (nSPS) is 9.73. The number of hydrogen-bond acceptors (Lipinski definition) is 5. The lowest BCUT2D eigenvalue weighted by Gasteiger charge is -2.10. The molecule has 4 N–H and O–H groups in total. The molecular weight excluding hydrogens is 394 g/mol. The lowest BCUT2D eigenvalue weighted by molar-refractivity contribution is -0.377. The number of aromatic carboxylic acids is 4. The molecule has 152 valence electrons. The van der Waals surface area contributed by atoms with E-state index in [9.17, 15) is 24.3 Å². The van der Waals surface area contributed by atoms with Crippen LogP contribution in [0.1, 0.15) is 41.4 Å². The largest absolute Gasteiger partial charge is 0.545 e. The van der Waals surface area contributed by atoms with Gasteiger partial charge < -0.3 is 25.2 Å². The minimum absolute atomic E-state index is 0.449. The number of H-pyrrole nitrogens is 1. The van der Waals surface area contributed by atoms with Crippen molar-refractivity contribution in [3.63, 3.8) is 0 Å². The van der Waals surface area contributed by atoms with Gasteiger partial charge in [0.25, 0.3) is 0 Å². The van der Waals surface area contributed by atoms with E-state index in [4.69, 9.17) is 15.3 Å². The Kier molecular flexibility index (Phi) is 6.97. The van der Waals surface area contributed by atoms with Crippen LogP contribution in [0.4, 0.5) is 0 Å². The predicted octanol–water partition coefficient (Wildman–Crippen LogP) is 1.31. The van der Waals surface area contributed by atoms with Crippen LogP contribution >= 0.6 is 0 Å². The molecule has 0 atom stereocenters. The van der Waals surface area contributed by atoms with Crippen molar-refractivity contribution in [2.75, 3.05) is 0 Å². The third-order valence-electron chi connectivity index (χ3n) is 3.89. The molecule has 2 aromatic carbocycles. The van der Waals surface area contributed by atoms with E-state index in [-0.39, 0.29) is 0 Å². The van der Waals surface area contributed by atoms with Gasteiger partial charge in [0.2, 0.25) is 0 Å². The zero-order valence-electron chi connectivity index (χ0n) is 15.2. The van der Waals surface area contributed by atoms with E-state index >= 15 is 0 Å². The SMILES string of the molecule is O=C([O-])c1cc(C(=O)O)c(C(=O)O)cc1C(=O)O.c1ccc(-c2cc[nH+]cc2)cc1. The molecule has 30 heavy (non-hydrogen) atoms. The van der Waals surface area contributed by atoms with Crippen LogP contribution in [0.25, 0.3) is 11.1 Å². The number of carboxylic acids is 4. The molecule has 9 heteroatoms. The highest BCUT2D eigenvalue weighted by atomic mass is 16.4. The second-order valence-corrected chi connectivity index (χ2v) is 5.80. The zero-order valence-corrected chi connectivity index (χ0v) is 15.2. The number of hydrogen-bond donors (Lipinski definition) is 3. The molecule has 1 aromatic heterocycles. The average molecular weight is 409 g/mol. The van der Waals surface area contributed by atoms with Crippen LogP contribution in [0.2, 0.25) is 0 Å². The fraction of sp³-hybridized carbons (Fsp3) is 0. The van der Waals surface area contributed by atoms with Gasteiger partial charge in [-0.3, -0.25) is 0 Å². The summed E-state index contributed by atoms with van der Waals surface area (Å²) >= 11 is 0. The van der Waals surface area contributed by atoms with Gasteiger partial charge in [0.05, 0.1) is 22.7 Å². The van der Waals surface area contributed by atoms with Crippen LogP contribution in [0.15, 0.2) is 67.0 Å². The van der Waals surface area contributed by atoms with Crippen LogP contribution in [0, 0.1) is 0 Å². The highest BCUT2D eigenvalue weighted by molar-refractivity contribution is 6.08. The second-order valence-electron chi connectivity index (χ2n) is 5.80. The first-order valence-electron chi connectivity index (χ1n) is 8.33. The number of aromatic nitrogens is 1. The summed E-state index contributed by atoms with van der Waals surface area (Å²) in [6.45, 7) is 0. The van der Waals surface area contributed by atoms with E-state index < -0.39 is 46.1 Å². The molecule has 1 heterocycles. The molecular formula is C21H15NO8. The highest BCUT2D eigenvalue weighted by Gasteiger charge is 2.22. The Balaban J connectivity index is 0.000000230. The predicted molar refractivity (Wildman–Crippen MR) is 100 cm³/mol. The Hall–Kier alpha value is -4.53. The van der Waals surface area contributed by atoms with E-state index in [0.29, 0.717) is 12.1 Å². The lowest BCUT2D eigenvalue weighted by Crippen LogP contribution is -2.26. The van der Waals surface area contributed by atoms with Gasteiger partial charge in [-0.25, -0.2) is 19.4 Å². The van der Waals surface area contributed by atoms with Crippen molar-refractivity contribution in [2.24, 2.45) is 0 Å². The minimum atomic E-state index is -1.91. The Labute approximate surface area is 169 Å². The third kappa shape index (κ3) is 5.26. The van der Waals surface area contributed by atoms with Gasteiger partial charge in [-0.1, -0.05) is 30.3 Å². The first kappa shape index (κ1) is 21.8. The third-order valence-corrected chi connectivity index (χ3v) is 3.89. The van der Waals surface area contributed by atoms with Crippen LogP contribution in [-0.4, -0.2) is 39.2 Å². The summed E-state index contributed by atoms with van der Waals surface area (Å²) in [5, 5.41) is 36.8. The first-order chi connectivity index (χ1) is 14.2. The Morgan fingerprint density at radius 2 is 1.03 bits per heavy atom. The zero-order chi connectivity index (χ0) is 22.3. The summed E-state index contributed by atoms with van der Waals surface area (Å²) < 4.78 is 0. The fourth-order valence-corrected chi connectivity index (χ4v) is 2.51. The Bertz CT molecular complexity index is 959. The van der Waals surface area contributed by atoms with Crippen molar-refractivity contribution in [2.45, 2.75) is 0 Å². The van der Waals surface area contributed by atoms with Crippen LogP contribution in [0.5, 0.6) is 0 Å². The standard InChI is InChI=1S/C11H9N.C10H6O8/c1-2-4-10(5-3-1)11-6-8-12-9-7-11;11-7(12)3-1-4(8(13)14)6(10(17)18)2-5(3)9(15)16/h1-9H;1-2H,(H,11,12)(H,13,14)(H,15,16)(H,17,18). The van der Waals surface area contributed by atoms with E-state index in [2.05, 4.69) is 29.2 Å². The van der Waals surface area contributed by atoms with Crippen molar-refractivity contribution < 1.29 is 44.6 Å². The van der Waals surface area contributed by atoms with Crippen molar-refractivity contribution in [1.82, 2.24) is 0 Å². The lowest BCUT2D eigenvalue weighted by atomic mass is 9.98. The number of carbonyl (C=O) groups excluding carboxylic acids is 1. The Morgan fingerprint density at radius 3 is 1.47 bits per heavy atom. The second kappa shape index (κ2) is 9.60. The van der Waals surface area contributed by atoms with Gasteiger partial charge in [-0.15, -0.1) is 0 Å². The summed E-state index contributed by atoms with van der Waals surface area (Å²) in [6, 6.07) is 15.4. The molecule has 0 bridgehead atoms. The summed E-state index contributed by atoms with van der Waals surface area (Å²) in [5.41, 5.74) is -0.889. The molecule has 0 aliphatic rings. The molecule has 0 aliphatic heterocycles. The van der Waals surface area contributed by atoms with Crippen LogP contribution in [-0.2, 0) is 0 Å². The van der Waals surface area contributed by atoms with Gasteiger partial charge in [-0.05, 0) is 23.3 Å². The van der Waals surface area contributed by atoms with Gasteiger partial charge in [0, 0.05) is 17.7 Å². The Morgan fingerprint density at radius 1 is 0.633 bits per heavy atom. The average Bonchev–Trinajstić information content (AvgIpc) is 2.74. The van der Waals surface area contributed by atoms with E-state index in [1.807, 2.05) is 30.6 Å². The number of nitrogens with one attached hydrogen (secondary N) is 1. The first-order valence-corrected chi connectivity index (χ1v) is 8.33. The minimum Gasteiger partial charge on any atom is -0.545 e. The molecule has 0 radical (unpaired) electrons. The van der Waals surface area contributed by atoms with Crippen molar-refractivity contribution in [3.05, 3.63) is 89.2 Å². The smallest absolute Gasteiger partial charge is 0.336 e. The molecule has 0 aliphatic carbocycles. The van der Waals surface area contributed by atoms with Gasteiger partial charge in [-0.2, -0.15) is 0 Å². The van der Waals surface area contributed by atoms with E-state index in [0.717, 1.165) is 0 Å². The van der Waals surface area contributed by atoms with Crippen molar-refractivity contribution >= 4 is 23.9 Å². The number of aromatic amines is 1. The molecule has 0 unspecified atom stereocenters. The van der Waals surface area contributed by atoms with E-state index in [1.165, 1.54) is 11.1 Å². The number of benzene rings is 2. The van der Waals surface area contributed by atoms with Gasteiger partial charge in [0.1, 0.15) is 0 Å². The summed E-state index contributed by atoms with van der Waals surface area (Å²) in [7, 11) is 0. The highest BCUT2D eigenvalue weighted by Crippen LogP contribution is 2.18.